The van der Waals surface area contributed by atoms with Crippen molar-refractivity contribution in [2.45, 2.75) is 20.0 Å². The number of thiazole rings is 1. The molecule has 5 rings (SSSR count). The molecule has 2 aromatic carbocycles. The molecule has 0 amide bonds. The Bertz CT molecular complexity index is 1460. The average Bonchev–Trinajstić information content (AvgIpc) is 3.34. The van der Waals surface area contributed by atoms with E-state index >= 15 is 0 Å². The van der Waals surface area contributed by atoms with Crippen molar-refractivity contribution in [3.05, 3.63) is 68.7 Å². The second-order valence-corrected chi connectivity index (χ2v) is 8.19. The predicted molar refractivity (Wildman–Crippen MR) is 120 cm³/mol. The number of carbonyl (C=O) groups is 1. The first kappa shape index (κ1) is 21.0. The van der Waals surface area contributed by atoms with E-state index in [0.29, 0.717) is 44.9 Å². The van der Waals surface area contributed by atoms with E-state index in [2.05, 4.69) is 10.1 Å². The molecule has 0 bridgehead atoms. The lowest BCUT2D eigenvalue weighted by molar-refractivity contribution is -0.132. The Kier molecular flexibility index (Phi) is 5.43. The molecule has 168 valence electrons. The topological polar surface area (TPSA) is 101 Å². The maximum Gasteiger partial charge on any atom is 0.308 e. The summed E-state index contributed by atoms with van der Waals surface area (Å²) in [5, 5.41) is 4.36. The summed E-state index contributed by atoms with van der Waals surface area (Å²) in [5.41, 5.74) is 0.435. The van der Waals surface area contributed by atoms with Gasteiger partial charge in [-0.25, -0.2) is 0 Å². The number of hydrogen-bond donors (Lipinski definition) is 0. The highest BCUT2D eigenvalue weighted by Crippen LogP contribution is 2.35. The van der Waals surface area contributed by atoms with Crippen LogP contribution in [0.15, 0.2) is 47.3 Å². The molecule has 1 atom stereocenters. The lowest BCUT2D eigenvalue weighted by atomic mass is 10.2. The predicted octanol–water partition coefficient (Wildman–Crippen LogP) is 2.54. The molecule has 0 aliphatic carbocycles. The summed E-state index contributed by atoms with van der Waals surface area (Å²) < 4.78 is 24.1. The summed E-state index contributed by atoms with van der Waals surface area (Å²) in [4.78, 5) is 29.2. The van der Waals surface area contributed by atoms with Gasteiger partial charge >= 0.3 is 5.97 Å². The first-order valence-corrected chi connectivity index (χ1v) is 11.1. The van der Waals surface area contributed by atoms with Crippen LogP contribution in [0.1, 0.15) is 31.3 Å². The van der Waals surface area contributed by atoms with E-state index in [4.69, 9.17) is 18.9 Å². The molecule has 33 heavy (non-hydrogen) atoms. The fraction of sp³-hybridized carbons (Fsp3) is 0.217. The molecule has 10 heteroatoms. The average molecular weight is 465 g/mol. The van der Waals surface area contributed by atoms with Crippen LogP contribution in [0.3, 0.4) is 0 Å². The lowest BCUT2D eigenvalue weighted by Crippen LogP contribution is -2.26. The summed E-state index contributed by atoms with van der Waals surface area (Å²) in [5.74, 6) is 1.99. The molecule has 4 aromatic rings. The van der Waals surface area contributed by atoms with Gasteiger partial charge in [-0.2, -0.15) is 9.50 Å². The number of esters is 1. The molecule has 1 aliphatic heterocycles. The number of para-hydroxylation sites is 2. The summed E-state index contributed by atoms with van der Waals surface area (Å²) in [7, 11) is 0. The molecular formula is C23H19N3O6S. The summed E-state index contributed by atoms with van der Waals surface area (Å²) >= 11 is 1.22. The smallest absolute Gasteiger partial charge is 0.308 e. The molecule has 1 aliphatic rings. The van der Waals surface area contributed by atoms with Gasteiger partial charge in [-0.3, -0.25) is 9.59 Å². The van der Waals surface area contributed by atoms with Crippen LogP contribution >= 0.6 is 11.3 Å². The van der Waals surface area contributed by atoms with Gasteiger partial charge in [0.1, 0.15) is 6.61 Å². The third-order valence-electron chi connectivity index (χ3n) is 4.81. The van der Waals surface area contributed by atoms with Crippen LogP contribution in [-0.4, -0.2) is 33.8 Å². The van der Waals surface area contributed by atoms with Crippen LogP contribution < -0.4 is 29.0 Å². The van der Waals surface area contributed by atoms with Gasteiger partial charge in [-0.1, -0.05) is 29.5 Å². The maximum absolute atomic E-state index is 12.9. The maximum atomic E-state index is 12.9. The SMILES string of the molecule is CCOc1cc(C=c2sc3nc(C4COc5ccccc5O4)nn3c2=O)ccc1OC(C)=O. The Labute approximate surface area is 191 Å². The summed E-state index contributed by atoms with van der Waals surface area (Å²) in [6.07, 6.45) is 1.22. The minimum Gasteiger partial charge on any atom is -0.490 e. The second-order valence-electron chi connectivity index (χ2n) is 7.18. The molecule has 2 aromatic heterocycles. The highest BCUT2D eigenvalue weighted by atomic mass is 32.1. The standard InChI is InChI=1S/C23H19N3O6S/c1-3-29-18-10-14(8-9-17(18)31-13(2)27)11-20-22(28)26-23(33-20)24-21(25-26)19-12-30-15-6-4-5-7-16(15)32-19/h4-11,19H,3,12H2,1-2H3. The second kappa shape index (κ2) is 8.55. The summed E-state index contributed by atoms with van der Waals surface area (Å²) in [6, 6.07) is 12.5. The Morgan fingerprint density at radius 2 is 2.06 bits per heavy atom. The highest BCUT2D eigenvalue weighted by molar-refractivity contribution is 7.15. The van der Waals surface area contributed by atoms with Gasteiger partial charge in [-0.15, -0.1) is 5.10 Å². The van der Waals surface area contributed by atoms with Gasteiger partial charge in [0.2, 0.25) is 4.96 Å². The zero-order valence-electron chi connectivity index (χ0n) is 17.8. The molecular weight excluding hydrogens is 446 g/mol. The van der Waals surface area contributed by atoms with Crippen molar-refractivity contribution in [1.82, 2.24) is 14.6 Å². The first-order valence-electron chi connectivity index (χ1n) is 10.3. The van der Waals surface area contributed by atoms with E-state index in [0.717, 1.165) is 5.56 Å². The van der Waals surface area contributed by atoms with Crippen LogP contribution in [0, 0.1) is 0 Å². The molecule has 0 N–H and O–H groups in total. The number of nitrogens with zero attached hydrogens (tertiary/aromatic N) is 3. The van der Waals surface area contributed by atoms with Crippen LogP contribution in [0.2, 0.25) is 0 Å². The number of carbonyl (C=O) groups excluding carboxylic acids is 1. The van der Waals surface area contributed by atoms with E-state index in [-0.39, 0.29) is 12.2 Å². The number of ether oxygens (including phenoxy) is 4. The van der Waals surface area contributed by atoms with Crippen molar-refractivity contribution < 1.29 is 23.7 Å². The number of fused-ring (bicyclic) bond motifs is 2. The molecule has 1 unspecified atom stereocenters. The Morgan fingerprint density at radius 3 is 2.82 bits per heavy atom. The van der Waals surface area contributed by atoms with Crippen LogP contribution in [0.25, 0.3) is 11.0 Å². The number of rotatable bonds is 5. The van der Waals surface area contributed by atoms with Crippen molar-refractivity contribution in [1.29, 1.82) is 0 Å². The summed E-state index contributed by atoms with van der Waals surface area (Å²) in [6.45, 7) is 3.82. The van der Waals surface area contributed by atoms with Crippen molar-refractivity contribution in [2.24, 2.45) is 0 Å². The molecule has 0 saturated heterocycles. The monoisotopic (exact) mass is 465 g/mol. The van der Waals surface area contributed by atoms with Gasteiger partial charge < -0.3 is 18.9 Å². The van der Waals surface area contributed by atoms with Crippen molar-refractivity contribution in [3.8, 4) is 23.0 Å². The van der Waals surface area contributed by atoms with Crippen molar-refractivity contribution >= 4 is 28.3 Å². The molecule has 0 radical (unpaired) electrons. The minimum absolute atomic E-state index is 0.261. The number of aromatic nitrogens is 3. The zero-order valence-corrected chi connectivity index (χ0v) is 18.6. The quantitative estimate of drug-likeness (QED) is 0.327. The zero-order chi connectivity index (χ0) is 22.9. The van der Waals surface area contributed by atoms with Crippen LogP contribution in [0.4, 0.5) is 0 Å². The van der Waals surface area contributed by atoms with Gasteiger partial charge in [-0.05, 0) is 42.8 Å². The van der Waals surface area contributed by atoms with E-state index in [1.54, 1.807) is 24.3 Å². The lowest BCUT2D eigenvalue weighted by Gasteiger charge is -2.24. The highest BCUT2D eigenvalue weighted by Gasteiger charge is 2.27. The molecule has 9 nitrogen and oxygen atoms in total. The molecule has 3 heterocycles. The fourth-order valence-corrected chi connectivity index (χ4v) is 4.32. The normalized spacial score (nSPS) is 15.6. The Hall–Kier alpha value is -3.92. The third-order valence-corrected chi connectivity index (χ3v) is 5.77. The van der Waals surface area contributed by atoms with Crippen molar-refractivity contribution in [3.63, 3.8) is 0 Å². The first-order chi connectivity index (χ1) is 16.0. The molecule has 0 saturated carbocycles. The Morgan fingerprint density at radius 1 is 1.24 bits per heavy atom. The minimum atomic E-state index is -0.499. The van der Waals surface area contributed by atoms with E-state index in [1.165, 1.54) is 22.8 Å². The molecule has 0 spiro atoms. The number of hydrogen-bond acceptors (Lipinski definition) is 9. The number of benzene rings is 2. The van der Waals surface area contributed by atoms with Gasteiger partial charge in [0, 0.05) is 6.92 Å². The van der Waals surface area contributed by atoms with E-state index in [1.807, 2.05) is 31.2 Å². The van der Waals surface area contributed by atoms with Crippen molar-refractivity contribution in [2.75, 3.05) is 13.2 Å². The van der Waals surface area contributed by atoms with Gasteiger partial charge in [0.25, 0.3) is 5.56 Å². The Balaban J connectivity index is 1.45. The van der Waals surface area contributed by atoms with Gasteiger partial charge in [0.05, 0.1) is 11.1 Å². The fourth-order valence-electron chi connectivity index (χ4n) is 3.41. The molecule has 0 fully saturated rings. The van der Waals surface area contributed by atoms with E-state index < -0.39 is 12.1 Å². The van der Waals surface area contributed by atoms with Gasteiger partial charge in [0.15, 0.2) is 34.9 Å². The van der Waals surface area contributed by atoms with Crippen LogP contribution in [-0.2, 0) is 4.79 Å². The third kappa shape index (κ3) is 4.12. The van der Waals surface area contributed by atoms with E-state index in [9.17, 15) is 9.59 Å². The largest absolute Gasteiger partial charge is 0.490 e. The van der Waals surface area contributed by atoms with Crippen LogP contribution in [0.5, 0.6) is 23.0 Å².